The number of benzene rings is 1. The molecule has 0 spiro atoms. The van der Waals surface area contributed by atoms with Gasteiger partial charge in [-0.25, -0.2) is 17.6 Å². The molecule has 0 bridgehead atoms. The van der Waals surface area contributed by atoms with Gasteiger partial charge >= 0.3 is 8.80 Å². The average Bonchev–Trinajstić information content (AvgIpc) is 2.70. The third-order valence-corrected chi connectivity index (χ3v) is 7.08. The van der Waals surface area contributed by atoms with Crippen LogP contribution >= 0.6 is 0 Å². The molecule has 3 nitrogen and oxygen atoms in total. The van der Waals surface area contributed by atoms with Crippen LogP contribution in [0.15, 0.2) is 6.07 Å². The van der Waals surface area contributed by atoms with Gasteiger partial charge in [0.1, 0.15) is 0 Å². The van der Waals surface area contributed by atoms with Gasteiger partial charge in [-0.2, -0.15) is 0 Å². The molecule has 0 aliphatic carbocycles. The summed E-state index contributed by atoms with van der Waals surface area (Å²) < 4.78 is 71.3. The molecule has 0 radical (unpaired) electrons. The maximum absolute atomic E-state index is 13.7. The van der Waals surface area contributed by atoms with Crippen molar-refractivity contribution in [2.75, 3.05) is 19.8 Å². The molecule has 0 aliphatic heterocycles. The minimum Gasteiger partial charge on any atom is -0.373 e. The van der Waals surface area contributed by atoms with Gasteiger partial charge in [-0.3, -0.25) is 0 Å². The van der Waals surface area contributed by atoms with E-state index in [9.17, 15) is 17.6 Å². The maximum atomic E-state index is 13.7. The first-order valence-corrected chi connectivity index (χ1v) is 12.1. The highest BCUT2D eigenvalue weighted by Crippen LogP contribution is 2.23. The van der Waals surface area contributed by atoms with Gasteiger partial charge in [-0.1, -0.05) is 27.2 Å². The summed E-state index contributed by atoms with van der Waals surface area (Å²) in [5.74, 6) is -6.21. The molecule has 0 atom stereocenters. The van der Waals surface area contributed by atoms with Gasteiger partial charge in [-0.05, 0) is 50.2 Å². The first kappa shape index (κ1) is 25.1. The minimum atomic E-state index is -2.77. The van der Waals surface area contributed by atoms with Crippen molar-refractivity contribution in [3.8, 4) is 0 Å². The van der Waals surface area contributed by atoms with Crippen LogP contribution in [-0.2, 0) is 19.7 Å². The lowest BCUT2D eigenvalue weighted by molar-refractivity contribution is 0.0586. The molecule has 0 fully saturated rings. The predicted octanol–water partition coefficient (Wildman–Crippen LogP) is 6.17. The Kier molecular flexibility index (Phi) is 11.9. The van der Waals surface area contributed by atoms with Crippen LogP contribution in [0.25, 0.3) is 0 Å². The summed E-state index contributed by atoms with van der Waals surface area (Å²) in [5.41, 5.74) is -0.147. The normalized spacial score (nSPS) is 12.0. The topological polar surface area (TPSA) is 27.7 Å². The fraction of sp³-hybridized carbons (Fsp3) is 0.700. The van der Waals surface area contributed by atoms with Crippen molar-refractivity contribution in [1.82, 2.24) is 0 Å². The van der Waals surface area contributed by atoms with E-state index < -0.39 is 32.1 Å². The second-order valence-corrected chi connectivity index (χ2v) is 9.48. The molecular formula is C20H32F4O3Si. The molecule has 0 saturated heterocycles. The summed E-state index contributed by atoms with van der Waals surface area (Å²) in [7, 11) is -2.77. The summed E-state index contributed by atoms with van der Waals surface area (Å²) in [5, 5.41) is 0. The first-order valence-electron chi connectivity index (χ1n) is 10.1. The smallest absolute Gasteiger partial charge is 0.373 e. The van der Waals surface area contributed by atoms with Gasteiger partial charge in [0.05, 0.1) is 0 Å². The van der Waals surface area contributed by atoms with Crippen LogP contribution < -0.4 is 0 Å². The van der Waals surface area contributed by atoms with Crippen molar-refractivity contribution in [2.45, 2.75) is 71.8 Å². The van der Waals surface area contributed by atoms with Crippen LogP contribution in [0.2, 0.25) is 6.04 Å². The van der Waals surface area contributed by atoms with Crippen molar-refractivity contribution >= 4 is 8.80 Å². The summed E-state index contributed by atoms with van der Waals surface area (Å²) in [6.45, 7) is 7.77. The molecule has 1 aromatic carbocycles. The lowest BCUT2D eigenvalue weighted by Crippen LogP contribution is -2.46. The summed E-state index contributed by atoms with van der Waals surface area (Å²) >= 11 is 0. The maximum Gasteiger partial charge on any atom is 0.500 e. The quantitative estimate of drug-likeness (QED) is 0.111. The van der Waals surface area contributed by atoms with Crippen LogP contribution in [0, 0.1) is 23.3 Å². The summed E-state index contributed by atoms with van der Waals surface area (Å²) in [6.07, 6.45) is 4.66. The van der Waals surface area contributed by atoms with E-state index in [4.69, 9.17) is 13.3 Å². The molecule has 1 aromatic rings. The fourth-order valence-electron chi connectivity index (χ4n) is 2.75. The van der Waals surface area contributed by atoms with Gasteiger partial charge in [-0.15, -0.1) is 0 Å². The van der Waals surface area contributed by atoms with Gasteiger partial charge in [0, 0.05) is 25.9 Å². The summed E-state index contributed by atoms with van der Waals surface area (Å²) in [6, 6.07) is 1.37. The predicted molar refractivity (Wildman–Crippen MR) is 103 cm³/mol. The third-order valence-electron chi connectivity index (χ3n) is 4.19. The Morgan fingerprint density at radius 2 is 1.25 bits per heavy atom. The number of hydrogen-bond donors (Lipinski definition) is 0. The lowest BCUT2D eigenvalue weighted by atomic mass is 10.1. The number of unbranched alkanes of at least 4 members (excludes halogenated alkanes) is 2. The molecule has 1 rings (SSSR count). The molecule has 8 heteroatoms. The van der Waals surface area contributed by atoms with Crippen LogP contribution in [-0.4, -0.2) is 28.6 Å². The van der Waals surface area contributed by atoms with E-state index >= 15 is 0 Å². The Balaban J connectivity index is 2.60. The molecule has 0 heterocycles. The standard InChI is InChI=1S/C20H32F4O3Si/c1-4-11-25-28(26-12-5-2,27-13-6-3)14-9-7-8-10-16-15-17(21)19(23)20(24)18(16)22/h15H,4-14H2,1-3H3. The highest BCUT2D eigenvalue weighted by molar-refractivity contribution is 6.60. The van der Waals surface area contributed by atoms with Crippen molar-refractivity contribution in [3.63, 3.8) is 0 Å². The zero-order valence-corrected chi connectivity index (χ0v) is 18.1. The van der Waals surface area contributed by atoms with E-state index in [0.29, 0.717) is 38.7 Å². The molecule has 28 heavy (non-hydrogen) atoms. The van der Waals surface area contributed by atoms with E-state index in [-0.39, 0.29) is 12.0 Å². The molecule has 162 valence electrons. The Bertz CT molecular complexity index is 565. The second kappa shape index (κ2) is 13.3. The Labute approximate surface area is 166 Å². The van der Waals surface area contributed by atoms with Gasteiger partial charge in [0.2, 0.25) is 0 Å². The second-order valence-electron chi connectivity index (χ2n) is 6.75. The van der Waals surface area contributed by atoms with E-state index in [0.717, 1.165) is 31.7 Å². The van der Waals surface area contributed by atoms with E-state index in [1.54, 1.807) is 0 Å². The molecule has 0 aliphatic rings. The van der Waals surface area contributed by atoms with E-state index in [2.05, 4.69) is 0 Å². The Morgan fingerprint density at radius 1 is 0.714 bits per heavy atom. The molecule has 0 unspecified atom stereocenters. The molecule has 0 N–H and O–H groups in total. The SMILES string of the molecule is CCCO[Si](CCCCCc1cc(F)c(F)c(F)c1F)(OCCC)OCCC. The highest BCUT2D eigenvalue weighted by atomic mass is 28.4. The van der Waals surface area contributed by atoms with Crippen molar-refractivity contribution in [3.05, 3.63) is 34.9 Å². The van der Waals surface area contributed by atoms with Crippen LogP contribution in [0.5, 0.6) is 0 Å². The van der Waals surface area contributed by atoms with Gasteiger partial charge in [0.15, 0.2) is 23.3 Å². The molecule has 0 aromatic heterocycles. The summed E-state index contributed by atoms with van der Waals surface area (Å²) in [4.78, 5) is 0. The lowest BCUT2D eigenvalue weighted by Gasteiger charge is -2.29. The third kappa shape index (κ3) is 7.81. The number of halogens is 4. The van der Waals surface area contributed by atoms with Crippen LogP contribution in [0.4, 0.5) is 17.6 Å². The molecule has 0 amide bonds. The Hall–Kier alpha value is -0.963. The molecular weight excluding hydrogens is 392 g/mol. The van der Waals surface area contributed by atoms with Crippen molar-refractivity contribution < 1.29 is 30.8 Å². The van der Waals surface area contributed by atoms with E-state index in [1.165, 1.54) is 0 Å². The zero-order valence-electron chi connectivity index (χ0n) is 17.1. The van der Waals surface area contributed by atoms with Gasteiger partial charge in [0.25, 0.3) is 0 Å². The number of rotatable bonds is 15. The van der Waals surface area contributed by atoms with Crippen molar-refractivity contribution in [2.24, 2.45) is 0 Å². The van der Waals surface area contributed by atoms with Crippen LogP contribution in [0.1, 0.15) is 64.9 Å². The largest absolute Gasteiger partial charge is 0.500 e. The number of hydrogen-bond acceptors (Lipinski definition) is 3. The molecule has 0 saturated carbocycles. The Morgan fingerprint density at radius 3 is 1.75 bits per heavy atom. The fourth-order valence-corrected chi connectivity index (χ4v) is 5.66. The monoisotopic (exact) mass is 424 g/mol. The van der Waals surface area contributed by atoms with Crippen LogP contribution in [0.3, 0.4) is 0 Å². The number of aryl methyl sites for hydroxylation is 1. The average molecular weight is 425 g/mol. The van der Waals surface area contributed by atoms with E-state index in [1.807, 2.05) is 20.8 Å². The van der Waals surface area contributed by atoms with Gasteiger partial charge < -0.3 is 13.3 Å². The zero-order chi connectivity index (χ0) is 21.0. The minimum absolute atomic E-state index is 0.135. The highest BCUT2D eigenvalue weighted by Gasteiger charge is 2.40. The first-order chi connectivity index (χ1) is 13.4. The van der Waals surface area contributed by atoms with Crippen molar-refractivity contribution in [1.29, 1.82) is 0 Å².